The number of likely N-dealkylation sites (N-methyl/N-ethyl adjacent to an activating group) is 1. The number of carbonyl (C=O) groups excluding carboxylic acids is 1. The lowest BCUT2D eigenvalue weighted by Gasteiger charge is -2.41. The summed E-state index contributed by atoms with van der Waals surface area (Å²) in [5.41, 5.74) is 0. The van der Waals surface area contributed by atoms with Crippen LogP contribution < -0.4 is 5.32 Å². The van der Waals surface area contributed by atoms with Gasteiger partial charge < -0.3 is 10.2 Å². The van der Waals surface area contributed by atoms with E-state index in [4.69, 9.17) is 0 Å². The van der Waals surface area contributed by atoms with Crippen molar-refractivity contribution in [3.05, 3.63) is 0 Å². The second kappa shape index (κ2) is 6.53. The van der Waals surface area contributed by atoms with Crippen LogP contribution in [-0.4, -0.2) is 61.5 Å². The van der Waals surface area contributed by atoms with E-state index in [1.807, 2.05) is 11.9 Å². The zero-order valence-electron chi connectivity index (χ0n) is 11.8. The molecule has 0 unspecified atom stereocenters. The normalized spacial score (nSPS) is 30.4. The number of amides is 1. The molecular weight excluding hydrogens is 226 g/mol. The summed E-state index contributed by atoms with van der Waals surface area (Å²) >= 11 is 0. The van der Waals surface area contributed by atoms with Gasteiger partial charge >= 0.3 is 0 Å². The van der Waals surface area contributed by atoms with Crippen LogP contribution in [0.4, 0.5) is 0 Å². The lowest BCUT2D eigenvalue weighted by molar-refractivity contribution is -0.132. The molecule has 1 saturated heterocycles. The molecule has 4 heteroatoms. The minimum absolute atomic E-state index is 0.245. The quantitative estimate of drug-likeness (QED) is 0.813. The molecule has 1 aliphatic carbocycles. The van der Waals surface area contributed by atoms with Gasteiger partial charge in [-0.05, 0) is 38.6 Å². The van der Waals surface area contributed by atoms with Gasteiger partial charge in [0.25, 0.3) is 0 Å². The van der Waals surface area contributed by atoms with Crippen LogP contribution in [0.1, 0.15) is 32.6 Å². The summed E-state index contributed by atoms with van der Waals surface area (Å²) in [6, 6.07) is 0.780. The Balaban J connectivity index is 1.74. The van der Waals surface area contributed by atoms with Crippen molar-refractivity contribution in [1.82, 2.24) is 15.1 Å². The number of carbonyl (C=O) groups is 1. The van der Waals surface area contributed by atoms with E-state index in [2.05, 4.69) is 17.1 Å². The van der Waals surface area contributed by atoms with Crippen molar-refractivity contribution in [1.29, 1.82) is 0 Å². The molecule has 0 aromatic carbocycles. The number of piperazine rings is 1. The Bertz CT molecular complexity index is 266. The standard InChI is InChI=1S/C14H27N3O/c1-12-3-5-13(6-4-12)16-7-9-17(10-8-16)14(18)11-15-2/h12-13,15H,3-11H2,1-2H3. The number of hydrogen-bond donors (Lipinski definition) is 1. The lowest BCUT2D eigenvalue weighted by atomic mass is 9.86. The molecule has 104 valence electrons. The zero-order chi connectivity index (χ0) is 13.0. The van der Waals surface area contributed by atoms with Crippen LogP contribution in [-0.2, 0) is 4.79 Å². The fourth-order valence-electron chi connectivity index (χ4n) is 3.21. The third-order valence-corrected chi connectivity index (χ3v) is 4.50. The lowest BCUT2D eigenvalue weighted by Crippen LogP contribution is -2.53. The second-order valence-electron chi connectivity index (χ2n) is 5.86. The average Bonchev–Trinajstić information content (AvgIpc) is 2.40. The second-order valence-corrected chi connectivity index (χ2v) is 5.86. The van der Waals surface area contributed by atoms with Gasteiger partial charge in [0.2, 0.25) is 5.91 Å². The van der Waals surface area contributed by atoms with Gasteiger partial charge in [0, 0.05) is 32.2 Å². The highest BCUT2D eigenvalue weighted by molar-refractivity contribution is 5.78. The molecule has 0 aromatic rings. The van der Waals surface area contributed by atoms with Crippen molar-refractivity contribution in [3.8, 4) is 0 Å². The van der Waals surface area contributed by atoms with E-state index in [0.29, 0.717) is 6.54 Å². The Labute approximate surface area is 111 Å². The highest BCUT2D eigenvalue weighted by Crippen LogP contribution is 2.27. The summed E-state index contributed by atoms with van der Waals surface area (Å²) in [5.74, 6) is 1.16. The van der Waals surface area contributed by atoms with Crippen molar-refractivity contribution in [3.63, 3.8) is 0 Å². The first-order valence-electron chi connectivity index (χ1n) is 7.37. The van der Waals surface area contributed by atoms with Gasteiger partial charge in [-0.2, -0.15) is 0 Å². The zero-order valence-corrected chi connectivity index (χ0v) is 11.8. The van der Waals surface area contributed by atoms with E-state index in [9.17, 15) is 4.79 Å². The molecule has 0 atom stereocenters. The van der Waals surface area contributed by atoms with Gasteiger partial charge in [0.05, 0.1) is 6.54 Å². The molecular formula is C14H27N3O. The molecule has 1 aliphatic heterocycles. The fourth-order valence-corrected chi connectivity index (χ4v) is 3.21. The average molecular weight is 253 g/mol. The van der Waals surface area contributed by atoms with Gasteiger partial charge in [0.1, 0.15) is 0 Å². The molecule has 1 heterocycles. The van der Waals surface area contributed by atoms with Crippen LogP contribution >= 0.6 is 0 Å². The monoisotopic (exact) mass is 253 g/mol. The maximum absolute atomic E-state index is 11.8. The van der Waals surface area contributed by atoms with Crippen LogP contribution in [0.2, 0.25) is 0 Å². The molecule has 1 N–H and O–H groups in total. The van der Waals surface area contributed by atoms with E-state index in [1.165, 1.54) is 25.7 Å². The largest absolute Gasteiger partial charge is 0.339 e. The highest BCUT2D eigenvalue weighted by atomic mass is 16.2. The Morgan fingerprint density at radius 2 is 1.72 bits per heavy atom. The van der Waals surface area contributed by atoms with Crippen molar-refractivity contribution in [2.45, 2.75) is 38.6 Å². The van der Waals surface area contributed by atoms with E-state index >= 15 is 0 Å². The molecule has 0 aromatic heterocycles. The van der Waals surface area contributed by atoms with Crippen LogP contribution in [0.25, 0.3) is 0 Å². The SMILES string of the molecule is CNCC(=O)N1CCN(C2CCC(C)CC2)CC1. The Morgan fingerprint density at radius 3 is 2.28 bits per heavy atom. The molecule has 2 rings (SSSR count). The van der Waals surface area contributed by atoms with Gasteiger partial charge in [-0.15, -0.1) is 0 Å². The molecule has 18 heavy (non-hydrogen) atoms. The van der Waals surface area contributed by atoms with Gasteiger partial charge in [-0.25, -0.2) is 0 Å². The van der Waals surface area contributed by atoms with Crippen LogP contribution in [0.5, 0.6) is 0 Å². The first-order chi connectivity index (χ1) is 8.70. The predicted octanol–water partition coefficient (Wildman–Crippen LogP) is 0.929. The Hall–Kier alpha value is -0.610. The summed E-state index contributed by atoms with van der Waals surface area (Å²) in [4.78, 5) is 16.4. The van der Waals surface area contributed by atoms with Crippen LogP contribution in [0.3, 0.4) is 0 Å². The molecule has 2 fully saturated rings. The summed E-state index contributed by atoms with van der Waals surface area (Å²) in [5, 5.41) is 2.94. The highest BCUT2D eigenvalue weighted by Gasteiger charge is 2.28. The molecule has 1 amide bonds. The van der Waals surface area contributed by atoms with Crippen molar-refractivity contribution in [2.24, 2.45) is 5.92 Å². The maximum atomic E-state index is 11.8. The maximum Gasteiger partial charge on any atom is 0.236 e. The summed E-state index contributed by atoms with van der Waals surface area (Å²) in [6.45, 7) is 6.79. The minimum atomic E-state index is 0.245. The third kappa shape index (κ3) is 3.45. The van der Waals surface area contributed by atoms with E-state index < -0.39 is 0 Å². The van der Waals surface area contributed by atoms with E-state index in [1.54, 1.807) is 0 Å². The summed E-state index contributed by atoms with van der Waals surface area (Å²) < 4.78 is 0. The fraction of sp³-hybridized carbons (Fsp3) is 0.929. The van der Waals surface area contributed by atoms with Crippen molar-refractivity contribution >= 4 is 5.91 Å². The molecule has 4 nitrogen and oxygen atoms in total. The van der Waals surface area contributed by atoms with Crippen LogP contribution in [0.15, 0.2) is 0 Å². The van der Waals surface area contributed by atoms with Crippen LogP contribution in [0, 0.1) is 5.92 Å². The Morgan fingerprint density at radius 1 is 1.11 bits per heavy atom. The van der Waals surface area contributed by atoms with Gasteiger partial charge in [-0.1, -0.05) is 6.92 Å². The molecule has 0 bridgehead atoms. The number of nitrogens with zero attached hydrogens (tertiary/aromatic N) is 2. The third-order valence-electron chi connectivity index (χ3n) is 4.50. The summed E-state index contributed by atoms with van der Waals surface area (Å²) in [7, 11) is 1.83. The molecule has 0 radical (unpaired) electrons. The van der Waals surface area contributed by atoms with Gasteiger partial charge in [-0.3, -0.25) is 9.69 Å². The van der Waals surface area contributed by atoms with E-state index in [0.717, 1.165) is 38.1 Å². The van der Waals surface area contributed by atoms with E-state index in [-0.39, 0.29) is 5.91 Å². The molecule has 1 saturated carbocycles. The van der Waals surface area contributed by atoms with Crippen molar-refractivity contribution < 1.29 is 4.79 Å². The first-order valence-corrected chi connectivity index (χ1v) is 7.37. The number of hydrogen-bond acceptors (Lipinski definition) is 3. The topological polar surface area (TPSA) is 35.6 Å². The van der Waals surface area contributed by atoms with Gasteiger partial charge in [0.15, 0.2) is 0 Å². The molecule has 2 aliphatic rings. The minimum Gasteiger partial charge on any atom is -0.339 e. The smallest absolute Gasteiger partial charge is 0.236 e. The summed E-state index contributed by atoms with van der Waals surface area (Å²) in [6.07, 6.45) is 5.46. The molecule has 0 spiro atoms. The number of rotatable bonds is 3. The van der Waals surface area contributed by atoms with Crippen molar-refractivity contribution in [2.75, 3.05) is 39.8 Å². The number of nitrogens with one attached hydrogen (secondary N) is 1. The predicted molar refractivity (Wildman–Crippen MR) is 73.5 cm³/mol. The first kappa shape index (κ1) is 13.8. The Kier molecular flexibility index (Phi) is 5.01.